The van der Waals surface area contributed by atoms with E-state index in [-0.39, 0.29) is 11.9 Å². The van der Waals surface area contributed by atoms with Crippen LogP contribution < -0.4 is 9.47 Å². The van der Waals surface area contributed by atoms with Crippen molar-refractivity contribution in [2.75, 3.05) is 6.61 Å². The van der Waals surface area contributed by atoms with Gasteiger partial charge in [-0.15, -0.1) is 10.2 Å². The van der Waals surface area contributed by atoms with Gasteiger partial charge in [0.05, 0.1) is 18.7 Å². The highest BCUT2D eigenvalue weighted by Gasteiger charge is 2.24. The predicted molar refractivity (Wildman–Crippen MR) is 166 cm³/mol. The van der Waals surface area contributed by atoms with Crippen molar-refractivity contribution in [2.45, 2.75) is 64.9 Å². The van der Waals surface area contributed by atoms with E-state index in [2.05, 4.69) is 25.6 Å². The van der Waals surface area contributed by atoms with Crippen LogP contribution in [0.15, 0.2) is 66.7 Å². The largest absolute Gasteiger partial charge is 0.517 e. The topological polar surface area (TPSA) is 153 Å². The summed E-state index contributed by atoms with van der Waals surface area (Å²) in [5, 5.41) is 14.5. The van der Waals surface area contributed by atoms with Crippen molar-refractivity contribution < 1.29 is 33.3 Å². The molecule has 0 radical (unpaired) electrons. The number of H-pyrrole nitrogens is 1. The third kappa shape index (κ3) is 7.09. The lowest BCUT2D eigenvalue weighted by Crippen LogP contribution is -2.27. The number of hydrogen-bond donors (Lipinski definition) is 1. The van der Waals surface area contributed by atoms with E-state index in [0.29, 0.717) is 36.0 Å². The SMILES string of the molecule is CCOc1nc2cccc(OC(=O)OC(C)OC(=O)OC3CCCCC3)c2n1Cc1ccc(-c2ccccc2-c2nn[nH]n2)cc1. The van der Waals surface area contributed by atoms with Crippen molar-refractivity contribution in [1.29, 1.82) is 0 Å². The second-order valence-electron chi connectivity index (χ2n) is 10.8. The summed E-state index contributed by atoms with van der Waals surface area (Å²) in [5.41, 5.74) is 4.87. The van der Waals surface area contributed by atoms with E-state index in [9.17, 15) is 9.59 Å². The summed E-state index contributed by atoms with van der Waals surface area (Å²) in [6.07, 6.45) is 1.43. The number of ether oxygens (including phenoxy) is 5. The number of rotatable bonds is 10. The second kappa shape index (κ2) is 14.1. The third-order valence-electron chi connectivity index (χ3n) is 7.62. The van der Waals surface area contributed by atoms with Gasteiger partial charge in [-0.05, 0) is 66.6 Å². The Balaban J connectivity index is 1.18. The number of aromatic nitrogens is 6. The van der Waals surface area contributed by atoms with Gasteiger partial charge in [0.15, 0.2) is 5.75 Å². The average molecular weight is 627 g/mol. The van der Waals surface area contributed by atoms with Gasteiger partial charge >= 0.3 is 12.3 Å². The first kappa shape index (κ1) is 30.6. The molecule has 0 bridgehead atoms. The molecule has 0 aliphatic heterocycles. The van der Waals surface area contributed by atoms with Gasteiger partial charge in [0.25, 0.3) is 12.3 Å². The highest BCUT2D eigenvalue weighted by Crippen LogP contribution is 2.33. The summed E-state index contributed by atoms with van der Waals surface area (Å²) in [6, 6.07) is 21.4. The molecule has 238 valence electrons. The summed E-state index contributed by atoms with van der Waals surface area (Å²) in [4.78, 5) is 29.6. The van der Waals surface area contributed by atoms with Crippen LogP contribution in [0.1, 0.15) is 51.5 Å². The van der Waals surface area contributed by atoms with Crippen LogP contribution in [0.5, 0.6) is 11.8 Å². The zero-order chi connectivity index (χ0) is 31.9. The van der Waals surface area contributed by atoms with E-state index in [4.69, 9.17) is 23.7 Å². The van der Waals surface area contributed by atoms with Gasteiger partial charge in [0.1, 0.15) is 11.6 Å². The Morgan fingerprint density at radius 3 is 2.43 bits per heavy atom. The molecule has 0 saturated heterocycles. The van der Waals surface area contributed by atoms with Gasteiger partial charge < -0.3 is 23.7 Å². The van der Waals surface area contributed by atoms with Gasteiger partial charge in [0.2, 0.25) is 5.82 Å². The van der Waals surface area contributed by atoms with Crippen LogP contribution in [0.25, 0.3) is 33.5 Å². The normalized spacial score (nSPS) is 14.0. The minimum atomic E-state index is -1.21. The molecule has 6 rings (SSSR count). The molecule has 0 spiro atoms. The quantitative estimate of drug-likeness (QED) is 0.100. The molecule has 5 aromatic rings. The van der Waals surface area contributed by atoms with Crippen LogP contribution in [-0.4, -0.2) is 61.5 Å². The first-order chi connectivity index (χ1) is 22.5. The van der Waals surface area contributed by atoms with Crippen LogP contribution >= 0.6 is 0 Å². The molecule has 1 N–H and O–H groups in total. The van der Waals surface area contributed by atoms with E-state index in [1.54, 1.807) is 18.2 Å². The standard InChI is InChI=1S/C33H34N6O7/c1-3-42-31-34-27-14-9-15-28(46-33(41)44-21(2)43-32(40)45-24-10-5-4-6-11-24)29(27)39(31)20-22-16-18-23(19-17-22)25-12-7-8-13-26(25)30-35-37-38-36-30/h7-9,12-19,21,24H,3-6,10-11,20H2,1-2H3,(H,35,36,37,38). The summed E-state index contributed by atoms with van der Waals surface area (Å²) in [6.45, 7) is 4.06. The fourth-order valence-corrected chi connectivity index (χ4v) is 5.53. The molecule has 1 unspecified atom stereocenters. The lowest BCUT2D eigenvalue weighted by Gasteiger charge is -2.22. The highest BCUT2D eigenvalue weighted by atomic mass is 16.8. The Kier molecular flexibility index (Phi) is 9.37. The van der Waals surface area contributed by atoms with Crippen LogP contribution in [0.2, 0.25) is 0 Å². The van der Waals surface area contributed by atoms with Crippen molar-refractivity contribution >= 4 is 23.3 Å². The molecule has 1 aliphatic rings. The summed E-state index contributed by atoms with van der Waals surface area (Å²) in [5.74, 6) is 0.723. The second-order valence-corrected chi connectivity index (χ2v) is 10.8. The number of tetrazole rings is 1. The Morgan fingerprint density at radius 2 is 1.70 bits per heavy atom. The zero-order valence-electron chi connectivity index (χ0n) is 25.5. The van der Waals surface area contributed by atoms with E-state index >= 15 is 0 Å². The van der Waals surface area contributed by atoms with E-state index < -0.39 is 18.6 Å². The van der Waals surface area contributed by atoms with Gasteiger partial charge in [-0.25, -0.2) is 9.59 Å². The minimum Gasteiger partial charge on any atom is -0.465 e. The number of benzene rings is 3. The molecule has 0 amide bonds. The smallest absolute Gasteiger partial charge is 0.465 e. The number of nitrogens with one attached hydrogen (secondary N) is 1. The van der Waals surface area contributed by atoms with Crippen molar-refractivity contribution in [2.24, 2.45) is 0 Å². The summed E-state index contributed by atoms with van der Waals surface area (Å²) >= 11 is 0. The molecule has 13 heteroatoms. The summed E-state index contributed by atoms with van der Waals surface area (Å²) in [7, 11) is 0. The van der Waals surface area contributed by atoms with Crippen LogP contribution in [0.3, 0.4) is 0 Å². The van der Waals surface area contributed by atoms with Gasteiger partial charge in [0, 0.05) is 12.5 Å². The average Bonchev–Trinajstić information content (AvgIpc) is 3.71. The van der Waals surface area contributed by atoms with Crippen LogP contribution in [0, 0.1) is 0 Å². The third-order valence-corrected chi connectivity index (χ3v) is 7.62. The monoisotopic (exact) mass is 626 g/mol. The van der Waals surface area contributed by atoms with Crippen LogP contribution in [0.4, 0.5) is 9.59 Å². The zero-order valence-corrected chi connectivity index (χ0v) is 25.5. The Labute approximate surface area is 264 Å². The fraction of sp³-hybridized carbons (Fsp3) is 0.333. The maximum absolute atomic E-state index is 12.8. The predicted octanol–water partition coefficient (Wildman–Crippen LogP) is 6.68. The highest BCUT2D eigenvalue weighted by molar-refractivity contribution is 5.85. The molecule has 1 atom stereocenters. The Bertz CT molecular complexity index is 1780. The number of para-hydroxylation sites is 1. The van der Waals surface area contributed by atoms with Crippen molar-refractivity contribution in [3.8, 4) is 34.3 Å². The van der Waals surface area contributed by atoms with Crippen molar-refractivity contribution in [3.05, 3.63) is 72.3 Å². The molecule has 2 aromatic heterocycles. The minimum absolute atomic E-state index is 0.179. The van der Waals surface area contributed by atoms with Crippen molar-refractivity contribution in [3.63, 3.8) is 0 Å². The van der Waals surface area contributed by atoms with E-state index in [1.165, 1.54) is 6.92 Å². The summed E-state index contributed by atoms with van der Waals surface area (Å²) < 4.78 is 29.0. The number of imidazole rings is 1. The van der Waals surface area contributed by atoms with E-state index in [0.717, 1.165) is 54.4 Å². The molecule has 46 heavy (non-hydrogen) atoms. The number of nitrogens with zero attached hydrogens (tertiary/aromatic N) is 5. The number of hydrogen-bond acceptors (Lipinski definition) is 11. The lowest BCUT2D eigenvalue weighted by molar-refractivity contribution is -0.0943. The number of aromatic amines is 1. The van der Waals surface area contributed by atoms with E-state index in [1.807, 2.05) is 60.0 Å². The first-order valence-corrected chi connectivity index (χ1v) is 15.3. The molecule has 13 nitrogen and oxygen atoms in total. The molecular weight excluding hydrogens is 592 g/mol. The van der Waals surface area contributed by atoms with Gasteiger partial charge in [-0.2, -0.15) is 10.2 Å². The molecular formula is C33H34N6O7. The Morgan fingerprint density at radius 1 is 0.935 bits per heavy atom. The molecule has 1 saturated carbocycles. The lowest BCUT2D eigenvalue weighted by atomic mass is 9.98. The maximum Gasteiger partial charge on any atom is 0.517 e. The Hall–Kier alpha value is -5.46. The number of carbonyl (C=O) groups excluding carboxylic acids is 2. The van der Waals surface area contributed by atoms with Crippen LogP contribution in [-0.2, 0) is 20.8 Å². The van der Waals surface area contributed by atoms with Gasteiger partial charge in [-0.3, -0.25) is 4.57 Å². The fourth-order valence-electron chi connectivity index (χ4n) is 5.53. The number of carbonyl (C=O) groups is 2. The molecule has 1 aliphatic carbocycles. The number of fused-ring (bicyclic) bond motifs is 1. The maximum atomic E-state index is 12.8. The van der Waals surface area contributed by atoms with Crippen molar-refractivity contribution in [1.82, 2.24) is 30.2 Å². The molecule has 1 fully saturated rings. The molecule has 3 aromatic carbocycles. The first-order valence-electron chi connectivity index (χ1n) is 15.3. The molecule has 2 heterocycles. The van der Waals surface area contributed by atoms with Gasteiger partial charge in [-0.1, -0.05) is 61.0 Å².